The van der Waals surface area contributed by atoms with Crippen molar-refractivity contribution in [2.75, 3.05) is 0 Å². The molecule has 0 fully saturated rings. The number of rotatable bonds is 5. The van der Waals surface area contributed by atoms with Crippen molar-refractivity contribution in [3.8, 4) is 0 Å². The molecule has 6 N–H and O–H groups in total. The maximum atomic E-state index is 10.4. The number of carboxylic acids is 1. The number of hydrogen-bond donors (Lipinski definition) is 4. The lowest BCUT2D eigenvalue weighted by Gasteiger charge is -2.20. The van der Waals surface area contributed by atoms with E-state index in [0.717, 1.165) is 0 Å². The van der Waals surface area contributed by atoms with Gasteiger partial charge in [-0.2, -0.15) is 0 Å². The molecule has 5 nitrogen and oxygen atoms in total. The Balaban J connectivity index is 3.83. The Bertz CT molecular complexity index is 159. The van der Waals surface area contributed by atoms with Gasteiger partial charge in [-0.15, -0.1) is 0 Å². The predicted octanol–water partition coefficient (Wildman–Crippen LogP) is -0.764. The molecule has 0 radical (unpaired) electrons. The van der Waals surface area contributed by atoms with E-state index in [1.165, 1.54) is 0 Å². The van der Waals surface area contributed by atoms with Crippen LogP contribution >= 0.6 is 0 Å². The molecule has 12 heavy (non-hydrogen) atoms. The predicted molar refractivity (Wildman–Crippen MR) is 44.3 cm³/mol. The van der Waals surface area contributed by atoms with Gasteiger partial charge < -0.3 is 21.7 Å². The third-order valence-electron chi connectivity index (χ3n) is 1.76. The normalized spacial score (nSPS) is 14.3. The molecule has 1 unspecified atom stereocenters. The highest BCUT2D eigenvalue weighted by atomic mass is 16.4. The third kappa shape index (κ3) is 3.66. The molecule has 0 saturated carbocycles. The molecule has 5 heteroatoms. The highest BCUT2D eigenvalue weighted by Gasteiger charge is 2.28. The van der Waals surface area contributed by atoms with Gasteiger partial charge in [0.2, 0.25) is 0 Å². The van der Waals surface area contributed by atoms with Gasteiger partial charge in [-0.05, 0) is 19.3 Å². The summed E-state index contributed by atoms with van der Waals surface area (Å²) in [5, 5.41) is 17.6. The zero-order valence-corrected chi connectivity index (χ0v) is 7.16. The molecule has 0 bridgehead atoms. The van der Waals surface area contributed by atoms with Crippen molar-refractivity contribution < 1.29 is 15.0 Å². The lowest BCUT2D eigenvalue weighted by molar-refractivity contribution is -0.143. The van der Waals surface area contributed by atoms with Crippen molar-refractivity contribution in [3.63, 3.8) is 0 Å². The second-order valence-electron chi connectivity index (χ2n) is 2.95. The van der Waals surface area contributed by atoms with Crippen LogP contribution in [0.15, 0.2) is 0 Å². The average molecular weight is 176 g/mol. The first kappa shape index (κ1) is 11.4. The number of carboxylic acid groups (broad SMARTS) is 1. The van der Waals surface area contributed by atoms with Crippen LogP contribution in [0.2, 0.25) is 0 Å². The highest BCUT2D eigenvalue weighted by Crippen LogP contribution is 2.07. The lowest BCUT2D eigenvalue weighted by Crippen LogP contribution is -2.56. The van der Waals surface area contributed by atoms with Crippen LogP contribution in [-0.4, -0.2) is 27.9 Å². The number of aliphatic carboxylic acids is 1. The van der Waals surface area contributed by atoms with Gasteiger partial charge in [-0.1, -0.05) is 6.92 Å². The van der Waals surface area contributed by atoms with Crippen molar-refractivity contribution in [2.45, 2.75) is 38.0 Å². The molecule has 0 rings (SSSR count). The van der Waals surface area contributed by atoms with Gasteiger partial charge in [0.15, 0.2) is 5.66 Å². The van der Waals surface area contributed by atoms with Gasteiger partial charge in [-0.25, -0.2) is 4.79 Å². The Morgan fingerprint density at radius 1 is 1.58 bits per heavy atom. The quantitative estimate of drug-likeness (QED) is 0.411. The van der Waals surface area contributed by atoms with Gasteiger partial charge >= 0.3 is 5.97 Å². The molecule has 0 aromatic heterocycles. The number of hydrogen-bond acceptors (Lipinski definition) is 4. The zero-order valence-electron chi connectivity index (χ0n) is 7.16. The van der Waals surface area contributed by atoms with Crippen molar-refractivity contribution in [1.29, 1.82) is 0 Å². The number of nitrogens with two attached hydrogens (primary N) is 2. The first-order valence-corrected chi connectivity index (χ1v) is 3.89. The minimum absolute atomic E-state index is 0.0807. The second kappa shape index (κ2) is 4.39. The molecular formula is C7H16N2O3. The SMILES string of the molecule is CCC(O)CCC(N)(N)C(=O)O. The number of aliphatic hydroxyl groups excluding tert-OH is 1. The van der Waals surface area contributed by atoms with E-state index in [-0.39, 0.29) is 6.42 Å². The Kier molecular flexibility index (Phi) is 4.16. The van der Waals surface area contributed by atoms with E-state index >= 15 is 0 Å². The summed E-state index contributed by atoms with van der Waals surface area (Å²) >= 11 is 0. The molecular weight excluding hydrogens is 160 g/mol. The van der Waals surface area contributed by atoms with Crippen LogP contribution in [0.4, 0.5) is 0 Å². The Hall–Kier alpha value is -0.650. The Morgan fingerprint density at radius 2 is 2.08 bits per heavy atom. The number of carbonyl (C=O) groups is 1. The molecule has 0 aromatic rings. The van der Waals surface area contributed by atoms with Crippen LogP contribution in [0, 0.1) is 0 Å². The van der Waals surface area contributed by atoms with E-state index in [9.17, 15) is 4.79 Å². The summed E-state index contributed by atoms with van der Waals surface area (Å²) < 4.78 is 0. The Labute approximate surface area is 71.4 Å². The van der Waals surface area contributed by atoms with Crippen LogP contribution < -0.4 is 11.5 Å². The van der Waals surface area contributed by atoms with E-state index in [1.807, 2.05) is 0 Å². The zero-order chi connectivity index (χ0) is 9.78. The maximum absolute atomic E-state index is 10.4. The fourth-order valence-electron chi connectivity index (χ4n) is 0.717. The molecule has 0 aromatic carbocycles. The van der Waals surface area contributed by atoms with E-state index in [0.29, 0.717) is 12.8 Å². The largest absolute Gasteiger partial charge is 0.479 e. The first-order valence-electron chi connectivity index (χ1n) is 3.89. The topological polar surface area (TPSA) is 110 Å². The molecule has 1 atom stereocenters. The molecule has 72 valence electrons. The summed E-state index contributed by atoms with van der Waals surface area (Å²) in [6.07, 6.45) is 0.457. The molecule has 0 aliphatic rings. The average Bonchev–Trinajstić information content (AvgIpc) is 2.00. The summed E-state index contributed by atoms with van der Waals surface area (Å²) in [5.74, 6) is -1.24. The van der Waals surface area contributed by atoms with E-state index in [4.69, 9.17) is 21.7 Å². The van der Waals surface area contributed by atoms with Crippen molar-refractivity contribution in [2.24, 2.45) is 11.5 Å². The fourth-order valence-corrected chi connectivity index (χ4v) is 0.717. The van der Waals surface area contributed by atoms with Gasteiger partial charge in [0, 0.05) is 0 Å². The standard InChI is InChI=1S/C7H16N2O3/c1-2-5(10)3-4-7(8,9)6(11)12/h5,10H,2-4,8-9H2,1H3,(H,11,12). The highest BCUT2D eigenvalue weighted by molar-refractivity contribution is 5.77. The third-order valence-corrected chi connectivity index (χ3v) is 1.76. The molecule has 0 aliphatic carbocycles. The van der Waals surface area contributed by atoms with Crippen LogP contribution in [0.3, 0.4) is 0 Å². The van der Waals surface area contributed by atoms with Crippen molar-refractivity contribution >= 4 is 5.97 Å². The van der Waals surface area contributed by atoms with Gasteiger partial charge in [0.05, 0.1) is 6.10 Å². The van der Waals surface area contributed by atoms with Crippen LogP contribution in [0.5, 0.6) is 0 Å². The van der Waals surface area contributed by atoms with Gasteiger partial charge in [-0.3, -0.25) is 0 Å². The van der Waals surface area contributed by atoms with Crippen molar-refractivity contribution in [1.82, 2.24) is 0 Å². The molecule has 0 saturated heterocycles. The summed E-state index contributed by atoms with van der Waals surface area (Å²) in [6.45, 7) is 1.81. The van der Waals surface area contributed by atoms with Gasteiger partial charge in [0.1, 0.15) is 0 Å². The minimum atomic E-state index is -1.71. The maximum Gasteiger partial charge on any atom is 0.338 e. The summed E-state index contributed by atoms with van der Waals surface area (Å²) in [5.41, 5.74) is 8.75. The fraction of sp³-hybridized carbons (Fsp3) is 0.857. The van der Waals surface area contributed by atoms with Gasteiger partial charge in [0.25, 0.3) is 0 Å². The Morgan fingerprint density at radius 3 is 2.42 bits per heavy atom. The molecule has 0 amide bonds. The van der Waals surface area contributed by atoms with E-state index in [1.54, 1.807) is 6.92 Å². The van der Waals surface area contributed by atoms with Crippen LogP contribution in [0.1, 0.15) is 26.2 Å². The summed E-state index contributed by atoms with van der Waals surface area (Å²) in [6, 6.07) is 0. The smallest absolute Gasteiger partial charge is 0.338 e. The van der Waals surface area contributed by atoms with Crippen molar-refractivity contribution in [3.05, 3.63) is 0 Å². The minimum Gasteiger partial charge on any atom is -0.479 e. The summed E-state index contributed by atoms with van der Waals surface area (Å²) in [4.78, 5) is 10.4. The lowest BCUT2D eigenvalue weighted by atomic mass is 10.0. The monoisotopic (exact) mass is 176 g/mol. The molecule has 0 heterocycles. The van der Waals surface area contributed by atoms with E-state index in [2.05, 4.69) is 0 Å². The van der Waals surface area contributed by atoms with Crippen LogP contribution in [-0.2, 0) is 4.79 Å². The first-order chi connectivity index (χ1) is 5.40. The molecule has 0 aliphatic heterocycles. The second-order valence-corrected chi connectivity index (χ2v) is 2.95. The van der Waals surface area contributed by atoms with E-state index < -0.39 is 17.7 Å². The summed E-state index contributed by atoms with van der Waals surface area (Å²) in [7, 11) is 0. The van der Waals surface area contributed by atoms with Crippen LogP contribution in [0.25, 0.3) is 0 Å². The number of aliphatic hydroxyl groups is 1. The molecule has 0 spiro atoms.